The summed E-state index contributed by atoms with van der Waals surface area (Å²) < 4.78 is 5.55. The van der Waals surface area contributed by atoms with Crippen LogP contribution in [0.25, 0.3) is 0 Å². The largest absolute Gasteiger partial charge is 0.492 e. The summed E-state index contributed by atoms with van der Waals surface area (Å²) in [6, 6.07) is 16.9. The number of ether oxygens (including phenoxy) is 1. The van der Waals surface area contributed by atoms with Crippen molar-refractivity contribution < 1.29 is 14.6 Å². The molecule has 0 saturated heterocycles. The summed E-state index contributed by atoms with van der Waals surface area (Å²) in [7, 11) is 0. The predicted molar refractivity (Wildman–Crippen MR) is 85.7 cm³/mol. The number of hydrogen-bond donors (Lipinski definition) is 2. The number of aliphatic hydroxyl groups is 1. The SMILES string of the molecule is Cc1cccc(OCCNC(=O)CC(O)c2ccccc2)c1. The minimum absolute atomic E-state index is 0.0501. The molecule has 0 fully saturated rings. The van der Waals surface area contributed by atoms with Crippen LogP contribution < -0.4 is 10.1 Å². The molecule has 2 rings (SSSR count). The Bertz CT molecular complexity index is 598. The van der Waals surface area contributed by atoms with Crippen LogP contribution in [0.15, 0.2) is 54.6 Å². The average molecular weight is 299 g/mol. The summed E-state index contributed by atoms with van der Waals surface area (Å²) in [5.41, 5.74) is 1.88. The second-order valence-corrected chi connectivity index (χ2v) is 5.15. The van der Waals surface area contributed by atoms with Crippen molar-refractivity contribution in [3.8, 4) is 5.75 Å². The smallest absolute Gasteiger partial charge is 0.223 e. The van der Waals surface area contributed by atoms with Crippen molar-refractivity contribution in [1.82, 2.24) is 5.32 Å². The maximum absolute atomic E-state index is 11.8. The summed E-state index contributed by atoms with van der Waals surface area (Å²) in [6.45, 7) is 2.81. The Hall–Kier alpha value is -2.33. The van der Waals surface area contributed by atoms with E-state index in [0.29, 0.717) is 13.2 Å². The van der Waals surface area contributed by atoms with E-state index in [1.807, 2.05) is 49.4 Å². The summed E-state index contributed by atoms with van der Waals surface area (Å²) in [4.78, 5) is 11.8. The van der Waals surface area contributed by atoms with Gasteiger partial charge in [-0.05, 0) is 30.2 Å². The fraction of sp³-hybridized carbons (Fsp3) is 0.278. The zero-order chi connectivity index (χ0) is 15.8. The first-order chi connectivity index (χ1) is 10.6. The van der Waals surface area contributed by atoms with Gasteiger partial charge >= 0.3 is 0 Å². The first kappa shape index (κ1) is 16.0. The van der Waals surface area contributed by atoms with Crippen LogP contribution in [0.5, 0.6) is 5.75 Å². The molecule has 2 aromatic carbocycles. The van der Waals surface area contributed by atoms with Crippen molar-refractivity contribution in [2.24, 2.45) is 0 Å². The van der Waals surface area contributed by atoms with Crippen molar-refractivity contribution >= 4 is 5.91 Å². The third kappa shape index (κ3) is 5.22. The molecule has 1 amide bonds. The Labute approximate surface area is 130 Å². The molecule has 1 atom stereocenters. The Morgan fingerprint density at radius 2 is 1.95 bits per heavy atom. The van der Waals surface area contributed by atoms with Crippen LogP contribution in [0, 0.1) is 6.92 Å². The molecule has 2 aromatic rings. The topological polar surface area (TPSA) is 58.6 Å². The van der Waals surface area contributed by atoms with Gasteiger partial charge in [0.25, 0.3) is 0 Å². The highest BCUT2D eigenvalue weighted by atomic mass is 16.5. The third-order valence-corrected chi connectivity index (χ3v) is 3.25. The van der Waals surface area contributed by atoms with Gasteiger partial charge in [-0.3, -0.25) is 4.79 Å². The van der Waals surface area contributed by atoms with Gasteiger partial charge in [0.05, 0.1) is 19.1 Å². The first-order valence-electron chi connectivity index (χ1n) is 7.34. The fourth-order valence-corrected chi connectivity index (χ4v) is 2.11. The van der Waals surface area contributed by atoms with Gasteiger partial charge in [0.2, 0.25) is 5.91 Å². The van der Waals surface area contributed by atoms with Gasteiger partial charge in [0, 0.05) is 0 Å². The van der Waals surface area contributed by atoms with E-state index < -0.39 is 6.10 Å². The van der Waals surface area contributed by atoms with Crippen LogP contribution in [0.1, 0.15) is 23.7 Å². The van der Waals surface area contributed by atoms with E-state index in [4.69, 9.17) is 4.74 Å². The minimum atomic E-state index is -0.779. The number of benzene rings is 2. The second kappa shape index (κ2) is 8.20. The van der Waals surface area contributed by atoms with Gasteiger partial charge in [0.1, 0.15) is 12.4 Å². The van der Waals surface area contributed by atoms with Gasteiger partial charge in [-0.2, -0.15) is 0 Å². The molecule has 0 aromatic heterocycles. The molecule has 22 heavy (non-hydrogen) atoms. The van der Waals surface area contributed by atoms with Crippen molar-refractivity contribution in [3.05, 3.63) is 65.7 Å². The lowest BCUT2D eigenvalue weighted by Gasteiger charge is -2.12. The summed E-state index contributed by atoms with van der Waals surface area (Å²) >= 11 is 0. The maximum Gasteiger partial charge on any atom is 0.223 e. The number of amides is 1. The highest BCUT2D eigenvalue weighted by Crippen LogP contribution is 2.15. The molecule has 0 bridgehead atoms. The lowest BCUT2D eigenvalue weighted by Crippen LogP contribution is -2.29. The summed E-state index contributed by atoms with van der Waals surface area (Å²) in [6.07, 6.45) is -0.729. The molecule has 0 aliphatic heterocycles. The maximum atomic E-state index is 11.8. The van der Waals surface area contributed by atoms with Gasteiger partial charge < -0.3 is 15.2 Å². The number of rotatable bonds is 7. The van der Waals surface area contributed by atoms with Gasteiger partial charge in [-0.15, -0.1) is 0 Å². The Morgan fingerprint density at radius 1 is 1.18 bits per heavy atom. The molecule has 4 heteroatoms. The fourth-order valence-electron chi connectivity index (χ4n) is 2.11. The second-order valence-electron chi connectivity index (χ2n) is 5.15. The molecule has 1 unspecified atom stereocenters. The number of aryl methyl sites for hydroxylation is 1. The number of carbonyl (C=O) groups is 1. The number of aliphatic hydroxyl groups excluding tert-OH is 1. The number of nitrogens with one attached hydrogen (secondary N) is 1. The van der Waals surface area contributed by atoms with Crippen LogP contribution >= 0.6 is 0 Å². The Balaban J connectivity index is 1.68. The monoisotopic (exact) mass is 299 g/mol. The van der Waals surface area contributed by atoms with Crippen molar-refractivity contribution in [1.29, 1.82) is 0 Å². The number of carbonyl (C=O) groups excluding carboxylic acids is 1. The average Bonchev–Trinajstić information content (AvgIpc) is 2.52. The van der Waals surface area contributed by atoms with Crippen LogP contribution in [0.3, 0.4) is 0 Å². The van der Waals surface area contributed by atoms with Crippen molar-refractivity contribution in [3.63, 3.8) is 0 Å². The van der Waals surface area contributed by atoms with Crippen molar-refractivity contribution in [2.75, 3.05) is 13.2 Å². The molecular weight excluding hydrogens is 278 g/mol. The third-order valence-electron chi connectivity index (χ3n) is 3.25. The van der Waals surface area contributed by atoms with Crippen LogP contribution in [-0.4, -0.2) is 24.2 Å². The molecule has 4 nitrogen and oxygen atoms in total. The minimum Gasteiger partial charge on any atom is -0.492 e. The summed E-state index contributed by atoms with van der Waals surface area (Å²) in [5, 5.41) is 12.7. The predicted octanol–water partition coefficient (Wildman–Crippen LogP) is 2.61. The Morgan fingerprint density at radius 3 is 2.68 bits per heavy atom. The van der Waals surface area contributed by atoms with Gasteiger partial charge in [-0.1, -0.05) is 42.5 Å². The summed E-state index contributed by atoms with van der Waals surface area (Å²) in [5.74, 6) is 0.600. The van der Waals surface area contributed by atoms with E-state index in [0.717, 1.165) is 16.9 Å². The molecular formula is C18H21NO3. The highest BCUT2D eigenvalue weighted by molar-refractivity contribution is 5.76. The van der Waals surface area contributed by atoms with Gasteiger partial charge in [0.15, 0.2) is 0 Å². The Kier molecular flexibility index (Phi) is 5.98. The molecule has 0 aliphatic carbocycles. The quantitative estimate of drug-likeness (QED) is 0.773. The van der Waals surface area contributed by atoms with E-state index in [9.17, 15) is 9.90 Å². The lowest BCUT2D eigenvalue weighted by atomic mass is 10.1. The zero-order valence-electron chi connectivity index (χ0n) is 12.7. The molecule has 0 heterocycles. The van der Waals surface area contributed by atoms with E-state index in [1.54, 1.807) is 12.1 Å². The highest BCUT2D eigenvalue weighted by Gasteiger charge is 2.12. The standard InChI is InChI=1S/C18H21NO3/c1-14-6-5-9-16(12-14)22-11-10-19-18(21)13-17(20)15-7-3-2-4-8-15/h2-9,12,17,20H,10-11,13H2,1H3,(H,19,21). The van der Waals surface area contributed by atoms with Crippen molar-refractivity contribution in [2.45, 2.75) is 19.4 Å². The lowest BCUT2D eigenvalue weighted by molar-refractivity contribution is -0.123. The van der Waals surface area contributed by atoms with Crippen LogP contribution in [0.4, 0.5) is 0 Å². The van der Waals surface area contributed by atoms with Crippen LogP contribution in [0.2, 0.25) is 0 Å². The number of hydrogen-bond acceptors (Lipinski definition) is 3. The molecule has 2 N–H and O–H groups in total. The van der Waals surface area contributed by atoms with Crippen LogP contribution in [-0.2, 0) is 4.79 Å². The van der Waals surface area contributed by atoms with E-state index >= 15 is 0 Å². The molecule has 0 spiro atoms. The molecule has 0 saturated carbocycles. The molecule has 116 valence electrons. The zero-order valence-corrected chi connectivity index (χ0v) is 12.7. The van der Waals surface area contributed by atoms with Gasteiger partial charge in [-0.25, -0.2) is 0 Å². The van der Waals surface area contributed by atoms with E-state index in [1.165, 1.54) is 0 Å². The van der Waals surface area contributed by atoms with E-state index in [-0.39, 0.29) is 12.3 Å². The first-order valence-corrected chi connectivity index (χ1v) is 7.34. The molecule has 0 radical (unpaired) electrons. The normalized spacial score (nSPS) is 11.7. The molecule has 0 aliphatic rings. The van der Waals surface area contributed by atoms with E-state index in [2.05, 4.69) is 5.32 Å².